The zero-order valence-electron chi connectivity index (χ0n) is 9.18. The van der Waals surface area contributed by atoms with Gasteiger partial charge in [0.15, 0.2) is 0 Å². The second-order valence-electron chi connectivity index (χ2n) is 4.58. The first kappa shape index (κ1) is 11.0. The smallest absolute Gasteiger partial charge is 0.0574 e. The second kappa shape index (κ2) is 4.43. The van der Waals surface area contributed by atoms with Gasteiger partial charge in [-0.2, -0.15) is 0 Å². The van der Waals surface area contributed by atoms with Crippen LogP contribution < -0.4 is 5.73 Å². The maximum atomic E-state index is 6.25. The van der Waals surface area contributed by atoms with Gasteiger partial charge in [-0.05, 0) is 38.5 Å². The molecule has 0 aliphatic heterocycles. The van der Waals surface area contributed by atoms with Crippen molar-refractivity contribution in [2.45, 2.75) is 57.6 Å². The van der Waals surface area contributed by atoms with Gasteiger partial charge in [-0.1, -0.05) is 13.3 Å². The van der Waals surface area contributed by atoms with Crippen LogP contribution in [0.15, 0.2) is 0 Å². The van der Waals surface area contributed by atoms with Crippen molar-refractivity contribution in [3.63, 3.8) is 0 Å². The highest BCUT2D eigenvalue weighted by atomic mass is 16.5. The van der Waals surface area contributed by atoms with E-state index in [1.165, 1.54) is 19.3 Å². The molecule has 0 radical (unpaired) electrons. The molecule has 0 amide bonds. The summed E-state index contributed by atoms with van der Waals surface area (Å²) < 4.78 is 5.41. The van der Waals surface area contributed by atoms with E-state index in [-0.39, 0.29) is 5.54 Å². The predicted octanol–water partition coefficient (Wildman–Crippen LogP) is 2.32. The fourth-order valence-electron chi connectivity index (χ4n) is 2.25. The number of ether oxygens (including phenoxy) is 1. The number of hydrogen-bond donors (Lipinski definition) is 1. The summed E-state index contributed by atoms with van der Waals surface area (Å²) in [6.45, 7) is 4.35. The van der Waals surface area contributed by atoms with E-state index in [9.17, 15) is 0 Å². The van der Waals surface area contributed by atoms with Crippen LogP contribution >= 0.6 is 0 Å². The Morgan fingerprint density at radius 3 is 2.69 bits per heavy atom. The van der Waals surface area contributed by atoms with Crippen molar-refractivity contribution in [1.29, 1.82) is 0 Å². The van der Waals surface area contributed by atoms with Gasteiger partial charge in [-0.15, -0.1) is 0 Å². The summed E-state index contributed by atoms with van der Waals surface area (Å²) in [4.78, 5) is 0. The molecule has 1 fully saturated rings. The fraction of sp³-hybridized carbons (Fsp3) is 1.00. The van der Waals surface area contributed by atoms with Gasteiger partial charge in [0, 0.05) is 12.6 Å². The molecule has 3 atom stereocenters. The first-order chi connectivity index (χ1) is 6.10. The minimum Gasteiger partial charge on any atom is -0.381 e. The maximum Gasteiger partial charge on any atom is 0.0574 e. The fourth-order valence-corrected chi connectivity index (χ4v) is 2.25. The van der Waals surface area contributed by atoms with Gasteiger partial charge in [0.1, 0.15) is 0 Å². The molecule has 0 bridgehead atoms. The highest BCUT2D eigenvalue weighted by Gasteiger charge is 2.32. The third-order valence-corrected chi connectivity index (χ3v) is 3.65. The number of nitrogens with two attached hydrogens (primary N) is 1. The van der Waals surface area contributed by atoms with Crippen LogP contribution in [0.3, 0.4) is 0 Å². The Balaban J connectivity index is 2.50. The van der Waals surface area contributed by atoms with Crippen LogP contribution in [-0.2, 0) is 4.74 Å². The summed E-state index contributed by atoms with van der Waals surface area (Å²) in [6, 6.07) is 0. The zero-order valence-corrected chi connectivity index (χ0v) is 9.18. The highest BCUT2D eigenvalue weighted by molar-refractivity contribution is 4.89. The van der Waals surface area contributed by atoms with Crippen molar-refractivity contribution in [2.24, 2.45) is 11.7 Å². The van der Waals surface area contributed by atoms with E-state index in [1.807, 2.05) is 7.11 Å². The molecular weight excluding hydrogens is 162 g/mol. The standard InChI is InChI=1S/C11H23NO/c1-4-11(2,12)9-6-5-7-10(8-9)13-3/h9-10H,4-8,12H2,1-3H3. The lowest BCUT2D eigenvalue weighted by Gasteiger charge is -2.38. The van der Waals surface area contributed by atoms with Gasteiger partial charge < -0.3 is 10.5 Å². The summed E-state index contributed by atoms with van der Waals surface area (Å²) in [5.41, 5.74) is 6.26. The monoisotopic (exact) mass is 185 g/mol. The molecule has 0 heterocycles. The first-order valence-corrected chi connectivity index (χ1v) is 5.41. The van der Waals surface area contributed by atoms with Crippen LogP contribution in [0.1, 0.15) is 46.0 Å². The Labute approximate surface area is 81.8 Å². The second-order valence-corrected chi connectivity index (χ2v) is 4.58. The van der Waals surface area contributed by atoms with Crippen molar-refractivity contribution >= 4 is 0 Å². The molecule has 1 rings (SSSR count). The van der Waals surface area contributed by atoms with Gasteiger partial charge in [0.05, 0.1) is 6.10 Å². The number of hydrogen-bond acceptors (Lipinski definition) is 2. The lowest BCUT2D eigenvalue weighted by molar-refractivity contribution is 0.0327. The molecule has 78 valence electrons. The summed E-state index contributed by atoms with van der Waals surface area (Å²) in [7, 11) is 1.81. The number of rotatable bonds is 3. The normalized spacial score (nSPS) is 34.2. The zero-order chi connectivity index (χ0) is 9.90. The van der Waals surface area contributed by atoms with Gasteiger partial charge in [0.2, 0.25) is 0 Å². The summed E-state index contributed by atoms with van der Waals surface area (Å²) in [5.74, 6) is 0.649. The van der Waals surface area contributed by atoms with Crippen molar-refractivity contribution in [1.82, 2.24) is 0 Å². The lowest BCUT2D eigenvalue weighted by Crippen LogP contribution is -2.46. The van der Waals surface area contributed by atoms with Crippen LogP contribution in [-0.4, -0.2) is 18.8 Å². The van der Waals surface area contributed by atoms with Crippen LogP contribution in [0.4, 0.5) is 0 Å². The lowest BCUT2D eigenvalue weighted by atomic mass is 9.74. The average Bonchev–Trinajstić information content (AvgIpc) is 2.18. The van der Waals surface area contributed by atoms with E-state index in [0.717, 1.165) is 12.8 Å². The number of methoxy groups -OCH3 is 1. The SMILES string of the molecule is CCC(C)(N)C1CCCC(OC)C1. The van der Waals surface area contributed by atoms with Crippen molar-refractivity contribution in [3.05, 3.63) is 0 Å². The molecule has 0 aromatic carbocycles. The third-order valence-electron chi connectivity index (χ3n) is 3.65. The Kier molecular flexibility index (Phi) is 3.74. The highest BCUT2D eigenvalue weighted by Crippen LogP contribution is 2.33. The van der Waals surface area contributed by atoms with Crippen LogP contribution in [0.25, 0.3) is 0 Å². The summed E-state index contributed by atoms with van der Waals surface area (Å²) in [5, 5.41) is 0. The van der Waals surface area contributed by atoms with Crippen molar-refractivity contribution in [3.8, 4) is 0 Å². The van der Waals surface area contributed by atoms with E-state index in [2.05, 4.69) is 13.8 Å². The molecule has 2 heteroatoms. The van der Waals surface area contributed by atoms with Crippen molar-refractivity contribution < 1.29 is 4.74 Å². The summed E-state index contributed by atoms with van der Waals surface area (Å²) >= 11 is 0. The molecule has 0 aromatic heterocycles. The molecule has 0 saturated heterocycles. The Hall–Kier alpha value is -0.0800. The molecule has 3 unspecified atom stereocenters. The third kappa shape index (κ3) is 2.68. The molecule has 1 aliphatic rings. The van der Waals surface area contributed by atoms with Crippen LogP contribution in [0.2, 0.25) is 0 Å². The topological polar surface area (TPSA) is 35.2 Å². The van der Waals surface area contributed by atoms with Gasteiger partial charge in [-0.25, -0.2) is 0 Å². The molecule has 2 nitrogen and oxygen atoms in total. The molecular formula is C11H23NO. The quantitative estimate of drug-likeness (QED) is 0.732. The van der Waals surface area contributed by atoms with E-state index in [4.69, 9.17) is 10.5 Å². The van der Waals surface area contributed by atoms with E-state index in [0.29, 0.717) is 12.0 Å². The molecule has 0 spiro atoms. The molecule has 13 heavy (non-hydrogen) atoms. The Bertz CT molecular complexity index is 156. The predicted molar refractivity (Wildman–Crippen MR) is 55.6 cm³/mol. The van der Waals surface area contributed by atoms with Crippen molar-refractivity contribution in [2.75, 3.05) is 7.11 Å². The van der Waals surface area contributed by atoms with Gasteiger partial charge >= 0.3 is 0 Å². The largest absolute Gasteiger partial charge is 0.381 e. The Morgan fingerprint density at radius 1 is 1.46 bits per heavy atom. The van der Waals surface area contributed by atoms with E-state index < -0.39 is 0 Å². The molecule has 0 aromatic rings. The maximum absolute atomic E-state index is 6.25. The van der Waals surface area contributed by atoms with Crippen LogP contribution in [0, 0.1) is 5.92 Å². The minimum absolute atomic E-state index is 0.0111. The minimum atomic E-state index is 0.0111. The van der Waals surface area contributed by atoms with Crippen LogP contribution in [0.5, 0.6) is 0 Å². The Morgan fingerprint density at radius 2 is 2.15 bits per heavy atom. The van der Waals surface area contributed by atoms with Gasteiger partial charge in [-0.3, -0.25) is 0 Å². The molecule has 1 saturated carbocycles. The van der Waals surface area contributed by atoms with E-state index in [1.54, 1.807) is 0 Å². The van der Waals surface area contributed by atoms with Gasteiger partial charge in [0.25, 0.3) is 0 Å². The summed E-state index contributed by atoms with van der Waals surface area (Å²) in [6.07, 6.45) is 6.43. The van der Waals surface area contributed by atoms with E-state index >= 15 is 0 Å². The average molecular weight is 185 g/mol. The molecule has 1 aliphatic carbocycles. The first-order valence-electron chi connectivity index (χ1n) is 5.41. The molecule has 2 N–H and O–H groups in total.